The van der Waals surface area contributed by atoms with Crippen LogP contribution < -0.4 is 0 Å². The molecular formula is C22H42O4. The molecule has 154 valence electrons. The van der Waals surface area contributed by atoms with Crippen LogP contribution in [0.1, 0.15) is 117 Å². The van der Waals surface area contributed by atoms with E-state index in [1.807, 2.05) is 0 Å². The Labute approximate surface area is 161 Å². The van der Waals surface area contributed by atoms with Crippen LogP contribution in [0.4, 0.5) is 0 Å². The minimum atomic E-state index is -0.744. The number of hydrogen-bond donors (Lipinski definition) is 1. The third-order valence-corrected chi connectivity index (χ3v) is 4.71. The summed E-state index contributed by atoms with van der Waals surface area (Å²) in [5.41, 5.74) is 0. The number of carbonyl (C=O) groups is 2. The smallest absolute Gasteiger partial charge is 0.305 e. The minimum absolute atomic E-state index is 0.107. The predicted octanol–water partition coefficient (Wildman–Crippen LogP) is 6.51. The Balaban J connectivity index is 3.17. The molecule has 0 bridgehead atoms. The summed E-state index contributed by atoms with van der Waals surface area (Å²) < 4.78 is 5.25. The van der Waals surface area contributed by atoms with Crippen LogP contribution in [0.3, 0.4) is 0 Å². The van der Waals surface area contributed by atoms with Gasteiger partial charge in [-0.15, -0.1) is 0 Å². The molecule has 0 aromatic rings. The fourth-order valence-corrected chi connectivity index (χ4v) is 3.05. The Morgan fingerprint density at radius 1 is 0.692 bits per heavy atom. The molecule has 0 heterocycles. The first-order valence-corrected chi connectivity index (χ1v) is 10.9. The summed E-state index contributed by atoms with van der Waals surface area (Å²) >= 11 is 0. The van der Waals surface area contributed by atoms with E-state index in [-0.39, 0.29) is 12.4 Å². The van der Waals surface area contributed by atoms with Gasteiger partial charge in [-0.3, -0.25) is 9.59 Å². The predicted molar refractivity (Wildman–Crippen MR) is 107 cm³/mol. The first-order chi connectivity index (χ1) is 12.5. The summed E-state index contributed by atoms with van der Waals surface area (Å²) in [6.07, 6.45) is 16.8. The largest absolute Gasteiger partial charge is 0.481 e. The van der Waals surface area contributed by atoms with Gasteiger partial charge in [-0.1, -0.05) is 84.5 Å². The number of ether oxygens (including phenoxy) is 1. The van der Waals surface area contributed by atoms with Crippen molar-refractivity contribution in [1.82, 2.24) is 0 Å². The molecule has 0 aromatic heterocycles. The SMILES string of the molecule is CC(C)CCCCCCCCCCCOC(=O)CCCCCCC(=O)O. The average molecular weight is 371 g/mol. The van der Waals surface area contributed by atoms with Crippen LogP contribution in [-0.4, -0.2) is 23.7 Å². The molecule has 0 unspecified atom stereocenters. The van der Waals surface area contributed by atoms with Crippen LogP contribution in [0.15, 0.2) is 0 Å². The van der Waals surface area contributed by atoms with Crippen molar-refractivity contribution in [2.75, 3.05) is 6.61 Å². The molecular weight excluding hydrogens is 328 g/mol. The van der Waals surface area contributed by atoms with Gasteiger partial charge < -0.3 is 9.84 Å². The highest BCUT2D eigenvalue weighted by Crippen LogP contribution is 2.13. The van der Waals surface area contributed by atoms with E-state index in [0.29, 0.717) is 19.4 Å². The standard InChI is InChI=1S/C22H42O4/c1-20(2)16-12-8-6-4-3-5-7-11-15-19-26-22(25)18-14-10-9-13-17-21(23)24/h20H,3-19H2,1-2H3,(H,23,24). The maximum atomic E-state index is 11.6. The number of unbranched alkanes of at least 4 members (excludes halogenated alkanes) is 11. The first-order valence-electron chi connectivity index (χ1n) is 10.9. The highest BCUT2D eigenvalue weighted by Gasteiger charge is 2.03. The molecule has 0 radical (unpaired) electrons. The van der Waals surface area contributed by atoms with Crippen molar-refractivity contribution in [3.63, 3.8) is 0 Å². The van der Waals surface area contributed by atoms with Crippen molar-refractivity contribution < 1.29 is 19.4 Å². The Morgan fingerprint density at radius 2 is 1.15 bits per heavy atom. The number of carbonyl (C=O) groups excluding carboxylic acids is 1. The van der Waals surface area contributed by atoms with Crippen molar-refractivity contribution in [2.24, 2.45) is 5.92 Å². The monoisotopic (exact) mass is 370 g/mol. The van der Waals surface area contributed by atoms with Gasteiger partial charge in [0.2, 0.25) is 0 Å². The molecule has 0 aliphatic heterocycles. The third kappa shape index (κ3) is 21.0. The van der Waals surface area contributed by atoms with Crippen LogP contribution in [0.5, 0.6) is 0 Å². The number of aliphatic carboxylic acids is 1. The molecule has 4 nitrogen and oxygen atoms in total. The van der Waals surface area contributed by atoms with Gasteiger partial charge in [0.05, 0.1) is 6.61 Å². The molecule has 0 spiro atoms. The minimum Gasteiger partial charge on any atom is -0.481 e. The van der Waals surface area contributed by atoms with Crippen LogP contribution >= 0.6 is 0 Å². The lowest BCUT2D eigenvalue weighted by molar-refractivity contribution is -0.144. The summed E-state index contributed by atoms with van der Waals surface area (Å²) in [6.45, 7) is 5.14. The summed E-state index contributed by atoms with van der Waals surface area (Å²) in [7, 11) is 0. The number of carboxylic acids is 1. The molecule has 0 saturated heterocycles. The van der Waals surface area contributed by atoms with E-state index in [2.05, 4.69) is 13.8 Å². The zero-order valence-corrected chi connectivity index (χ0v) is 17.3. The Bertz CT molecular complexity index is 339. The summed E-state index contributed by atoms with van der Waals surface area (Å²) in [4.78, 5) is 21.9. The van der Waals surface area contributed by atoms with Crippen molar-refractivity contribution in [3.8, 4) is 0 Å². The maximum Gasteiger partial charge on any atom is 0.305 e. The van der Waals surface area contributed by atoms with Gasteiger partial charge in [-0.25, -0.2) is 0 Å². The van der Waals surface area contributed by atoms with Gasteiger partial charge in [-0.2, -0.15) is 0 Å². The number of esters is 1. The zero-order valence-electron chi connectivity index (χ0n) is 17.3. The second-order valence-electron chi connectivity index (χ2n) is 7.89. The summed E-state index contributed by atoms with van der Waals surface area (Å²) in [5.74, 6) is -0.0106. The van der Waals surface area contributed by atoms with Gasteiger partial charge in [-0.05, 0) is 25.2 Å². The van der Waals surface area contributed by atoms with E-state index in [4.69, 9.17) is 9.84 Å². The van der Waals surface area contributed by atoms with E-state index in [1.165, 1.54) is 51.4 Å². The average Bonchev–Trinajstić information content (AvgIpc) is 2.58. The zero-order chi connectivity index (χ0) is 19.5. The molecule has 0 amide bonds. The van der Waals surface area contributed by atoms with Gasteiger partial charge in [0, 0.05) is 12.8 Å². The molecule has 0 rings (SSSR count). The summed E-state index contributed by atoms with van der Waals surface area (Å²) in [5, 5.41) is 8.53. The second kappa shape index (κ2) is 18.7. The Morgan fingerprint density at radius 3 is 1.69 bits per heavy atom. The van der Waals surface area contributed by atoms with Gasteiger partial charge >= 0.3 is 11.9 Å². The van der Waals surface area contributed by atoms with E-state index < -0.39 is 5.97 Å². The molecule has 4 heteroatoms. The van der Waals surface area contributed by atoms with Crippen molar-refractivity contribution in [2.45, 2.75) is 117 Å². The highest BCUT2D eigenvalue weighted by atomic mass is 16.5. The number of rotatable bonds is 19. The summed E-state index contributed by atoms with van der Waals surface area (Å²) in [6, 6.07) is 0. The van der Waals surface area contributed by atoms with Crippen molar-refractivity contribution >= 4 is 11.9 Å². The van der Waals surface area contributed by atoms with E-state index >= 15 is 0 Å². The van der Waals surface area contributed by atoms with Crippen LogP contribution in [0.2, 0.25) is 0 Å². The number of hydrogen-bond acceptors (Lipinski definition) is 3. The highest BCUT2D eigenvalue weighted by molar-refractivity contribution is 5.69. The lowest BCUT2D eigenvalue weighted by Crippen LogP contribution is -2.05. The van der Waals surface area contributed by atoms with E-state index in [0.717, 1.165) is 38.0 Å². The van der Waals surface area contributed by atoms with E-state index in [9.17, 15) is 9.59 Å². The topological polar surface area (TPSA) is 63.6 Å². The fraction of sp³-hybridized carbons (Fsp3) is 0.909. The molecule has 1 N–H and O–H groups in total. The molecule has 0 saturated carbocycles. The Hall–Kier alpha value is -1.06. The lowest BCUT2D eigenvalue weighted by atomic mass is 10.0. The van der Waals surface area contributed by atoms with Crippen LogP contribution in [0.25, 0.3) is 0 Å². The lowest BCUT2D eigenvalue weighted by Gasteiger charge is -2.06. The fourth-order valence-electron chi connectivity index (χ4n) is 3.05. The molecule has 0 aromatic carbocycles. The third-order valence-electron chi connectivity index (χ3n) is 4.71. The molecule has 0 aliphatic carbocycles. The molecule has 26 heavy (non-hydrogen) atoms. The second-order valence-corrected chi connectivity index (χ2v) is 7.89. The van der Waals surface area contributed by atoms with Crippen molar-refractivity contribution in [3.05, 3.63) is 0 Å². The quantitative estimate of drug-likeness (QED) is 0.208. The van der Waals surface area contributed by atoms with Gasteiger partial charge in [0.15, 0.2) is 0 Å². The molecule has 0 aliphatic rings. The normalized spacial score (nSPS) is 11.0. The molecule has 0 atom stereocenters. The van der Waals surface area contributed by atoms with Crippen LogP contribution in [-0.2, 0) is 14.3 Å². The Kier molecular flexibility index (Phi) is 18.0. The maximum absolute atomic E-state index is 11.6. The first kappa shape index (κ1) is 24.9. The number of carboxylic acid groups (broad SMARTS) is 1. The van der Waals surface area contributed by atoms with Gasteiger partial charge in [0.1, 0.15) is 0 Å². The molecule has 0 fully saturated rings. The van der Waals surface area contributed by atoms with Gasteiger partial charge in [0.25, 0.3) is 0 Å². The van der Waals surface area contributed by atoms with Crippen LogP contribution in [0, 0.1) is 5.92 Å². The van der Waals surface area contributed by atoms with E-state index in [1.54, 1.807) is 0 Å². The van der Waals surface area contributed by atoms with Crippen molar-refractivity contribution in [1.29, 1.82) is 0 Å².